The summed E-state index contributed by atoms with van der Waals surface area (Å²) in [5.74, 6) is -0.604. The zero-order chi connectivity index (χ0) is 55.8. The molecule has 2 amide bonds. The van der Waals surface area contributed by atoms with E-state index in [2.05, 4.69) is 24.9 Å². The lowest BCUT2D eigenvalue weighted by atomic mass is 9.55. The minimum atomic E-state index is -1.59. The summed E-state index contributed by atoms with van der Waals surface area (Å²) < 4.78 is 44.6. The summed E-state index contributed by atoms with van der Waals surface area (Å²) in [7, 11) is 0. The van der Waals surface area contributed by atoms with Crippen LogP contribution in [0.2, 0.25) is 0 Å². The zero-order valence-corrected chi connectivity index (χ0v) is 46.9. The lowest BCUT2D eigenvalue weighted by Gasteiger charge is -2.59. The van der Waals surface area contributed by atoms with Crippen LogP contribution in [0.3, 0.4) is 0 Å². The predicted molar refractivity (Wildman–Crippen MR) is 308 cm³/mol. The van der Waals surface area contributed by atoms with Gasteiger partial charge in [-0.25, -0.2) is 9.59 Å². The maximum absolute atomic E-state index is 15.3. The zero-order valence-electron chi connectivity index (χ0n) is 46.9. The number of unbranched alkanes of at least 4 members (excludes halogenated alkanes) is 11. The van der Waals surface area contributed by atoms with Crippen molar-refractivity contribution in [1.82, 2.24) is 10.2 Å². The molecular weight excluding hydrogens is 1010 g/mol. The van der Waals surface area contributed by atoms with Gasteiger partial charge >= 0.3 is 12.2 Å². The highest BCUT2D eigenvalue weighted by molar-refractivity contribution is 6.03. The van der Waals surface area contributed by atoms with E-state index < -0.39 is 29.9 Å². The second kappa shape index (κ2) is 31.6. The Balaban J connectivity index is 1.17. The normalized spacial score (nSPS) is 20.9. The molecular formula is C65H85N3O12. The van der Waals surface area contributed by atoms with Gasteiger partial charge in [0, 0.05) is 44.2 Å². The molecule has 0 radical (unpaired) electrons. The van der Waals surface area contributed by atoms with Crippen LogP contribution in [0.1, 0.15) is 144 Å². The number of allylic oxidation sites excluding steroid dienone is 1. The molecule has 1 fully saturated rings. The van der Waals surface area contributed by atoms with Crippen LogP contribution in [0, 0.1) is 17.8 Å². The van der Waals surface area contributed by atoms with Gasteiger partial charge in [-0.15, -0.1) is 6.58 Å². The van der Waals surface area contributed by atoms with Crippen LogP contribution in [0.25, 0.3) is 0 Å². The summed E-state index contributed by atoms with van der Waals surface area (Å²) >= 11 is 0. The second-order valence-electron chi connectivity index (χ2n) is 21.5. The molecule has 3 N–H and O–H groups in total. The van der Waals surface area contributed by atoms with Gasteiger partial charge < -0.3 is 53.5 Å². The molecule has 0 saturated heterocycles. The Morgan fingerprint density at radius 3 is 2.17 bits per heavy atom. The van der Waals surface area contributed by atoms with Crippen LogP contribution in [0.15, 0.2) is 127 Å². The maximum atomic E-state index is 15.3. The monoisotopic (exact) mass is 1100 g/mol. The van der Waals surface area contributed by atoms with Gasteiger partial charge in [-0.05, 0) is 96.5 Å². The number of carbonyl (C=O) groups excluding carboxylic acids is 2. The fourth-order valence-corrected chi connectivity index (χ4v) is 12.0. The number of fused-ring (bicyclic) bond motifs is 3. The van der Waals surface area contributed by atoms with Gasteiger partial charge in [0.2, 0.25) is 12.6 Å². The van der Waals surface area contributed by atoms with Gasteiger partial charge in [0.1, 0.15) is 30.8 Å². The molecule has 432 valence electrons. The third-order valence-corrected chi connectivity index (χ3v) is 15.9. The molecule has 0 aromatic heterocycles. The van der Waals surface area contributed by atoms with E-state index in [1.165, 1.54) is 44.9 Å². The third kappa shape index (κ3) is 16.2. The van der Waals surface area contributed by atoms with Gasteiger partial charge in [-0.3, -0.25) is 4.90 Å². The SMILES string of the molecule is C=CCO[C@@]12Oc3ccc(OC(=O)NCCCCCCCCCCCC)cc3[C@H]3[C@H](CCCCO)[C@@H](CCCCO)C=C(C(=NOCc4ccccc4)C[C@@H]1N(Cc1ccc4c(c1)OCO4)C(=O)OCCOCc1ccccc1)[C@H]32. The van der Waals surface area contributed by atoms with Crippen LogP contribution >= 0.6 is 0 Å². The number of carbonyl (C=O) groups is 2. The van der Waals surface area contributed by atoms with Crippen molar-refractivity contribution in [3.63, 3.8) is 0 Å². The van der Waals surface area contributed by atoms with Crippen molar-refractivity contribution in [2.45, 2.75) is 154 Å². The average Bonchev–Trinajstić information content (AvgIpc) is 4.02. The standard InChI is InChI=1S/C65H85N3O12/c1-3-5-6-7-8-9-10-11-12-21-34-66-63(71)79-52-31-33-57-55(42-52)61-53(29-20-23-36-70)51(28-19-22-35-69)41-54-56(67-78-46-49-26-17-14-18-27-49)43-60(65(80-57,62(54)61)77-37-4-2)68(44-50-30-32-58-59(40-50)76-47-75-58)64(72)74-39-38-73-45-48-24-15-13-16-25-48/h4,13-18,24-27,30-33,40-42,51,53,60-62,69-70H,2-3,5-12,19-23,28-29,34-39,43-47H2,1H3,(H,66,71)/t51-,53+,60-,61+,62+,65+/m0/s1. The van der Waals surface area contributed by atoms with Gasteiger partial charge in [0.15, 0.2) is 11.5 Å². The largest absolute Gasteiger partial charge is 0.459 e. The lowest BCUT2D eigenvalue weighted by Crippen LogP contribution is -2.70. The van der Waals surface area contributed by atoms with E-state index in [1.807, 2.05) is 91.0 Å². The molecule has 0 spiro atoms. The first-order valence-electron chi connectivity index (χ1n) is 29.5. The maximum Gasteiger partial charge on any atom is 0.412 e. The molecule has 4 aliphatic rings. The van der Waals surface area contributed by atoms with Gasteiger partial charge in [0.05, 0.1) is 31.5 Å². The number of nitrogens with one attached hydrogen (secondary N) is 1. The highest BCUT2D eigenvalue weighted by atomic mass is 16.7. The quantitative estimate of drug-likeness (QED) is 0.0230. The van der Waals surface area contributed by atoms with Crippen molar-refractivity contribution < 1.29 is 57.8 Å². The van der Waals surface area contributed by atoms with E-state index >= 15 is 4.79 Å². The summed E-state index contributed by atoms with van der Waals surface area (Å²) in [6, 6.07) is 29.9. The number of aliphatic hydroxyl groups excluding tert-OH is 2. The molecule has 8 rings (SSSR count). The van der Waals surface area contributed by atoms with Crippen molar-refractivity contribution in [2.24, 2.45) is 22.9 Å². The van der Waals surface area contributed by atoms with Crippen LogP contribution < -0.4 is 24.3 Å². The van der Waals surface area contributed by atoms with Gasteiger partial charge in [0.25, 0.3) is 0 Å². The second-order valence-corrected chi connectivity index (χ2v) is 21.5. The summed E-state index contributed by atoms with van der Waals surface area (Å²) in [6.07, 6.45) is 19.2. The number of oxime groups is 1. The van der Waals surface area contributed by atoms with Crippen LogP contribution in [0.4, 0.5) is 9.59 Å². The fraction of sp³-hybridized carbons (Fsp3) is 0.523. The van der Waals surface area contributed by atoms with E-state index in [4.69, 9.17) is 43.2 Å². The Kier molecular flexibility index (Phi) is 23.6. The van der Waals surface area contributed by atoms with E-state index in [-0.39, 0.29) is 77.2 Å². The molecule has 15 nitrogen and oxygen atoms in total. The number of hydrogen-bond acceptors (Lipinski definition) is 13. The Bertz CT molecular complexity index is 2610. The van der Waals surface area contributed by atoms with Gasteiger partial charge in [-0.2, -0.15) is 0 Å². The summed E-state index contributed by atoms with van der Waals surface area (Å²) in [4.78, 5) is 36.8. The Morgan fingerprint density at radius 2 is 1.45 bits per heavy atom. The number of nitrogens with zero attached hydrogens (tertiary/aromatic N) is 2. The van der Waals surface area contributed by atoms with Gasteiger partial charge in [-0.1, -0.05) is 162 Å². The predicted octanol–water partition coefficient (Wildman–Crippen LogP) is 13.1. The molecule has 2 heterocycles. The average molecular weight is 1100 g/mol. The molecule has 2 aliphatic carbocycles. The molecule has 15 heteroatoms. The number of aliphatic hydroxyl groups is 2. The highest BCUT2D eigenvalue weighted by Gasteiger charge is 2.66. The molecule has 6 atom stereocenters. The van der Waals surface area contributed by atoms with Crippen LogP contribution in [-0.4, -0.2) is 91.2 Å². The first kappa shape index (κ1) is 59.7. The first-order chi connectivity index (χ1) is 39.3. The van der Waals surface area contributed by atoms with E-state index in [0.717, 1.165) is 72.8 Å². The Labute approximate surface area is 473 Å². The fourth-order valence-electron chi connectivity index (χ4n) is 12.0. The molecule has 4 aromatic rings. The van der Waals surface area contributed by atoms with E-state index in [9.17, 15) is 15.0 Å². The topological polar surface area (TPSA) is 176 Å². The highest BCUT2D eigenvalue weighted by Crippen LogP contribution is 2.62. The van der Waals surface area contributed by atoms with Crippen molar-refractivity contribution in [3.8, 4) is 23.0 Å². The summed E-state index contributed by atoms with van der Waals surface area (Å²) in [5, 5.41) is 28.3. The molecule has 80 heavy (non-hydrogen) atoms. The first-order valence-corrected chi connectivity index (χ1v) is 29.5. The minimum Gasteiger partial charge on any atom is -0.459 e. The summed E-state index contributed by atoms with van der Waals surface area (Å²) in [6.45, 7) is 7.83. The number of ether oxygens (including phenoxy) is 7. The van der Waals surface area contributed by atoms with Crippen molar-refractivity contribution in [1.29, 1.82) is 0 Å². The smallest absolute Gasteiger partial charge is 0.412 e. The third-order valence-electron chi connectivity index (χ3n) is 15.9. The van der Waals surface area contributed by atoms with Crippen LogP contribution in [0.5, 0.6) is 23.0 Å². The van der Waals surface area contributed by atoms with Crippen LogP contribution in [-0.2, 0) is 38.8 Å². The molecule has 4 aromatic carbocycles. The number of benzene rings is 4. The molecule has 1 saturated carbocycles. The summed E-state index contributed by atoms with van der Waals surface area (Å²) in [5.41, 5.74) is 5.01. The van der Waals surface area contributed by atoms with Crippen molar-refractivity contribution in [2.75, 3.05) is 46.4 Å². The van der Waals surface area contributed by atoms with E-state index in [0.29, 0.717) is 54.7 Å². The molecule has 2 aliphatic heterocycles. The number of rotatable bonds is 34. The lowest BCUT2D eigenvalue weighted by molar-refractivity contribution is -0.256. The van der Waals surface area contributed by atoms with E-state index in [1.54, 1.807) is 17.0 Å². The molecule has 0 bridgehead atoms. The van der Waals surface area contributed by atoms with Crippen molar-refractivity contribution >= 4 is 17.9 Å². The minimum absolute atomic E-state index is 0.0186. The molecule has 0 unspecified atom stereocenters. The number of hydrogen-bond donors (Lipinski definition) is 3. The van der Waals surface area contributed by atoms with Crippen molar-refractivity contribution in [3.05, 3.63) is 144 Å². The Hall–Kier alpha value is -6.39. The Morgan fingerprint density at radius 1 is 0.762 bits per heavy atom. The number of amides is 2.